The molecule has 10 nitrogen and oxygen atoms in total. The van der Waals surface area contributed by atoms with Gasteiger partial charge in [0.1, 0.15) is 4.90 Å². The number of nitrogens with zero attached hydrogens (tertiary/aromatic N) is 3. The Kier molecular flexibility index (Phi) is 7.17. The van der Waals surface area contributed by atoms with E-state index in [9.17, 15) is 18.5 Å². The minimum atomic E-state index is -4.23. The molecule has 1 aliphatic rings. The molecular weight excluding hydrogens is 384 g/mol. The van der Waals surface area contributed by atoms with Gasteiger partial charge in [0, 0.05) is 24.2 Å². The largest absolute Gasteiger partial charge is 0.381 e. The van der Waals surface area contributed by atoms with Gasteiger partial charge in [-0.25, -0.2) is 18.1 Å². The Morgan fingerprint density at radius 1 is 1.32 bits per heavy atom. The molecule has 11 heteroatoms. The quantitative estimate of drug-likeness (QED) is 0.163. The van der Waals surface area contributed by atoms with Crippen LogP contribution in [0.1, 0.15) is 46.0 Å². The molecule has 0 atom stereocenters. The van der Waals surface area contributed by atoms with Crippen molar-refractivity contribution >= 4 is 27.4 Å². The zero-order chi connectivity index (χ0) is 20.7. The summed E-state index contributed by atoms with van der Waals surface area (Å²) >= 11 is 0. The van der Waals surface area contributed by atoms with Crippen molar-refractivity contribution in [2.75, 3.05) is 5.32 Å². The Morgan fingerprint density at radius 2 is 2.00 bits per heavy atom. The van der Waals surface area contributed by atoms with Crippen LogP contribution in [0.15, 0.2) is 28.1 Å². The van der Waals surface area contributed by atoms with Crippen molar-refractivity contribution in [1.82, 2.24) is 10.0 Å². The summed E-state index contributed by atoms with van der Waals surface area (Å²) < 4.78 is 28.1. The van der Waals surface area contributed by atoms with E-state index in [2.05, 4.69) is 20.3 Å². The molecule has 1 aliphatic carbocycles. The summed E-state index contributed by atoms with van der Waals surface area (Å²) in [4.78, 5) is 14.2. The highest BCUT2D eigenvalue weighted by Crippen LogP contribution is 2.29. The zero-order valence-electron chi connectivity index (χ0n) is 15.8. The van der Waals surface area contributed by atoms with Gasteiger partial charge in [-0.1, -0.05) is 19.3 Å². The Labute approximate surface area is 164 Å². The molecule has 28 heavy (non-hydrogen) atoms. The number of rotatable bonds is 6. The van der Waals surface area contributed by atoms with Gasteiger partial charge >= 0.3 is 0 Å². The lowest BCUT2D eigenvalue weighted by molar-refractivity contribution is -0.385. The summed E-state index contributed by atoms with van der Waals surface area (Å²) in [6, 6.07) is 3.50. The molecule has 1 fully saturated rings. The number of sulfonamides is 1. The Bertz CT molecular complexity index is 885. The summed E-state index contributed by atoms with van der Waals surface area (Å²) in [7, 11) is -4.23. The monoisotopic (exact) mass is 408 g/mol. The molecule has 0 aliphatic heterocycles. The number of nitro groups is 1. The van der Waals surface area contributed by atoms with E-state index in [4.69, 9.17) is 5.26 Å². The van der Waals surface area contributed by atoms with Crippen LogP contribution in [-0.4, -0.2) is 31.4 Å². The second kappa shape index (κ2) is 9.36. The topological polar surface area (TPSA) is 150 Å². The first-order valence-electron chi connectivity index (χ1n) is 9.03. The molecule has 0 saturated heterocycles. The van der Waals surface area contributed by atoms with Crippen LogP contribution in [0.4, 0.5) is 11.4 Å². The number of nitrogens with one attached hydrogen (secondary N) is 3. The Hall–Kier alpha value is -2.87. The van der Waals surface area contributed by atoms with Gasteiger partial charge in [0.2, 0.25) is 5.96 Å². The summed E-state index contributed by atoms with van der Waals surface area (Å²) in [5.74, 6) is -0.243. The van der Waals surface area contributed by atoms with Gasteiger partial charge in [-0.2, -0.15) is 5.26 Å². The Balaban J connectivity index is 2.42. The summed E-state index contributed by atoms with van der Waals surface area (Å²) in [5, 5.41) is 25.4. The van der Waals surface area contributed by atoms with Crippen LogP contribution in [0.25, 0.3) is 0 Å². The fourth-order valence-electron chi connectivity index (χ4n) is 3.01. The van der Waals surface area contributed by atoms with E-state index in [0.717, 1.165) is 38.2 Å². The highest BCUT2D eigenvalue weighted by molar-refractivity contribution is 7.90. The molecule has 2 rings (SSSR count). The zero-order valence-corrected chi connectivity index (χ0v) is 16.6. The molecule has 0 bridgehead atoms. The van der Waals surface area contributed by atoms with Gasteiger partial charge in [-0.3, -0.25) is 15.4 Å². The SMILES string of the molecule is CC(C)N=C(NC#N)NS(=O)(=O)c1cc([N+](=O)[O-])ccc1NC1CCCCC1. The predicted octanol–water partition coefficient (Wildman–Crippen LogP) is 2.45. The highest BCUT2D eigenvalue weighted by Gasteiger charge is 2.25. The maximum atomic E-state index is 12.9. The first kappa shape index (κ1) is 21.4. The molecule has 1 saturated carbocycles. The molecule has 0 amide bonds. The third-order valence-electron chi connectivity index (χ3n) is 4.22. The molecule has 0 radical (unpaired) electrons. The predicted molar refractivity (Wildman–Crippen MR) is 105 cm³/mol. The van der Waals surface area contributed by atoms with Gasteiger partial charge in [0.25, 0.3) is 15.7 Å². The van der Waals surface area contributed by atoms with E-state index in [1.54, 1.807) is 20.0 Å². The average molecular weight is 408 g/mol. The molecule has 1 aromatic carbocycles. The van der Waals surface area contributed by atoms with Gasteiger partial charge in [-0.15, -0.1) is 0 Å². The van der Waals surface area contributed by atoms with Crippen molar-refractivity contribution in [2.24, 2.45) is 4.99 Å². The minimum Gasteiger partial charge on any atom is -0.381 e. The maximum absolute atomic E-state index is 12.9. The molecule has 1 aromatic rings. The van der Waals surface area contributed by atoms with Gasteiger partial charge in [0.05, 0.1) is 10.6 Å². The summed E-state index contributed by atoms with van der Waals surface area (Å²) in [6.07, 6.45) is 6.66. The number of non-ortho nitro benzene ring substituents is 1. The van der Waals surface area contributed by atoms with Crippen LogP contribution in [0.3, 0.4) is 0 Å². The van der Waals surface area contributed by atoms with Crippen molar-refractivity contribution in [3.05, 3.63) is 28.3 Å². The molecule has 3 N–H and O–H groups in total. The molecular formula is C17H24N6O4S. The van der Waals surface area contributed by atoms with Crippen molar-refractivity contribution in [3.63, 3.8) is 0 Å². The normalized spacial score (nSPS) is 15.7. The fraction of sp³-hybridized carbons (Fsp3) is 0.529. The van der Waals surface area contributed by atoms with E-state index in [-0.39, 0.29) is 34.3 Å². The number of anilines is 1. The number of hydrogen-bond acceptors (Lipinski definition) is 7. The van der Waals surface area contributed by atoms with E-state index >= 15 is 0 Å². The van der Waals surface area contributed by atoms with Crippen LogP contribution >= 0.6 is 0 Å². The van der Waals surface area contributed by atoms with E-state index in [1.807, 2.05) is 0 Å². The van der Waals surface area contributed by atoms with Crippen molar-refractivity contribution in [3.8, 4) is 6.19 Å². The fourth-order valence-corrected chi connectivity index (χ4v) is 4.17. The number of aliphatic imine (C=N–C) groups is 1. The van der Waals surface area contributed by atoms with Gasteiger partial charge in [0.15, 0.2) is 6.19 Å². The van der Waals surface area contributed by atoms with Gasteiger partial charge < -0.3 is 5.32 Å². The third kappa shape index (κ3) is 5.82. The van der Waals surface area contributed by atoms with Crippen molar-refractivity contribution in [1.29, 1.82) is 5.26 Å². The summed E-state index contributed by atoms with van der Waals surface area (Å²) in [6.45, 7) is 3.44. The van der Waals surface area contributed by atoms with Crippen molar-refractivity contribution < 1.29 is 13.3 Å². The minimum absolute atomic E-state index is 0.102. The number of benzene rings is 1. The lowest BCUT2D eigenvalue weighted by atomic mass is 9.95. The number of guanidine groups is 1. The Morgan fingerprint density at radius 3 is 2.57 bits per heavy atom. The second-order valence-electron chi connectivity index (χ2n) is 6.83. The lowest BCUT2D eigenvalue weighted by Gasteiger charge is -2.25. The lowest BCUT2D eigenvalue weighted by Crippen LogP contribution is -2.39. The highest BCUT2D eigenvalue weighted by atomic mass is 32.2. The van der Waals surface area contributed by atoms with E-state index in [1.165, 1.54) is 12.1 Å². The van der Waals surface area contributed by atoms with Crippen LogP contribution in [0, 0.1) is 21.6 Å². The van der Waals surface area contributed by atoms with Crippen molar-refractivity contribution in [2.45, 2.75) is 62.9 Å². The first-order chi connectivity index (χ1) is 13.2. The summed E-state index contributed by atoms with van der Waals surface area (Å²) in [5.41, 5.74) is -0.0592. The number of nitro benzene ring substituents is 1. The van der Waals surface area contributed by atoms with Crippen LogP contribution in [0.2, 0.25) is 0 Å². The van der Waals surface area contributed by atoms with Crippen LogP contribution in [0.5, 0.6) is 0 Å². The second-order valence-corrected chi connectivity index (χ2v) is 8.48. The molecule has 0 unspecified atom stereocenters. The van der Waals surface area contributed by atoms with E-state index in [0.29, 0.717) is 0 Å². The molecule has 0 spiro atoms. The van der Waals surface area contributed by atoms with Gasteiger partial charge in [-0.05, 0) is 32.8 Å². The smallest absolute Gasteiger partial charge is 0.270 e. The maximum Gasteiger partial charge on any atom is 0.270 e. The third-order valence-corrected chi connectivity index (χ3v) is 5.60. The van der Waals surface area contributed by atoms with E-state index < -0.39 is 14.9 Å². The molecule has 0 heterocycles. The number of nitriles is 1. The average Bonchev–Trinajstić information content (AvgIpc) is 2.62. The standard InChI is InChI=1S/C17H24N6O4S/c1-12(2)20-17(19-11-18)22-28(26,27)16-10-14(23(24)25)8-9-15(16)21-13-6-4-3-5-7-13/h8-10,12-13,21H,3-7H2,1-2H3,(H2,19,20,22). The first-order valence-corrected chi connectivity index (χ1v) is 10.5. The number of hydrogen-bond donors (Lipinski definition) is 3. The molecule has 0 aromatic heterocycles. The van der Waals surface area contributed by atoms with Crippen LogP contribution in [-0.2, 0) is 10.0 Å². The van der Waals surface area contributed by atoms with Crippen LogP contribution < -0.4 is 15.4 Å². The molecule has 152 valence electrons.